The van der Waals surface area contributed by atoms with Gasteiger partial charge in [-0.1, -0.05) is 12.8 Å². The quantitative estimate of drug-likeness (QED) is 0.785. The maximum absolute atomic E-state index is 6.06. The van der Waals surface area contributed by atoms with Gasteiger partial charge in [0.2, 0.25) is 0 Å². The van der Waals surface area contributed by atoms with Crippen molar-refractivity contribution >= 4 is 0 Å². The lowest BCUT2D eigenvalue weighted by Crippen LogP contribution is -2.54. The molecule has 1 saturated carbocycles. The van der Waals surface area contributed by atoms with Crippen LogP contribution < -0.4 is 5.73 Å². The van der Waals surface area contributed by atoms with Gasteiger partial charge in [0, 0.05) is 24.7 Å². The third kappa shape index (κ3) is 2.58. The molecule has 0 aromatic carbocycles. The van der Waals surface area contributed by atoms with E-state index < -0.39 is 0 Å². The molecule has 16 heavy (non-hydrogen) atoms. The van der Waals surface area contributed by atoms with Crippen LogP contribution in [0.2, 0.25) is 0 Å². The second-order valence-electron chi connectivity index (χ2n) is 5.96. The Kier molecular flexibility index (Phi) is 3.88. The third-order valence-electron chi connectivity index (χ3n) is 4.54. The van der Waals surface area contributed by atoms with Crippen LogP contribution in [0.1, 0.15) is 38.5 Å². The van der Waals surface area contributed by atoms with Crippen LogP contribution in [0.25, 0.3) is 0 Å². The lowest BCUT2D eigenvalue weighted by molar-refractivity contribution is 0.0779. The molecule has 0 aromatic heterocycles. The highest BCUT2D eigenvalue weighted by Gasteiger charge is 2.38. The molecule has 0 radical (unpaired) electrons. The molecular formula is C13H27N3. The normalized spacial score (nSPS) is 31.1. The number of rotatable bonds is 3. The molecule has 2 N–H and O–H groups in total. The van der Waals surface area contributed by atoms with Crippen LogP contribution in [0.5, 0.6) is 0 Å². The number of likely N-dealkylation sites (N-methyl/N-ethyl adjacent to an activating group) is 1. The number of nitrogens with two attached hydrogens (primary N) is 1. The molecule has 2 aliphatic rings. The number of hydrogen-bond donors (Lipinski definition) is 1. The molecule has 3 nitrogen and oxygen atoms in total. The van der Waals surface area contributed by atoms with Gasteiger partial charge in [0.1, 0.15) is 0 Å². The zero-order valence-electron chi connectivity index (χ0n) is 10.9. The van der Waals surface area contributed by atoms with E-state index in [4.69, 9.17) is 5.73 Å². The van der Waals surface area contributed by atoms with Gasteiger partial charge in [0.05, 0.1) is 0 Å². The van der Waals surface area contributed by atoms with Gasteiger partial charge in [0.25, 0.3) is 0 Å². The summed E-state index contributed by atoms with van der Waals surface area (Å²) in [7, 11) is 4.49. The van der Waals surface area contributed by atoms with Crippen molar-refractivity contribution in [1.82, 2.24) is 9.80 Å². The van der Waals surface area contributed by atoms with E-state index in [2.05, 4.69) is 23.9 Å². The van der Waals surface area contributed by atoms with E-state index in [-0.39, 0.29) is 0 Å². The first-order chi connectivity index (χ1) is 7.62. The predicted molar refractivity (Wildman–Crippen MR) is 68.5 cm³/mol. The summed E-state index contributed by atoms with van der Waals surface area (Å²) in [6.07, 6.45) is 8.03. The van der Waals surface area contributed by atoms with Crippen LogP contribution in [0.3, 0.4) is 0 Å². The summed E-state index contributed by atoms with van der Waals surface area (Å²) < 4.78 is 0. The second kappa shape index (κ2) is 5.03. The molecule has 1 aliphatic carbocycles. The largest absolute Gasteiger partial charge is 0.327 e. The van der Waals surface area contributed by atoms with Gasteiger partial charge in [-0.25, -0.2) is 0 Å². The van der Waals surface area contributed by atoms with Crippen molar-refractivity contribution in [2.45, 2.75) is 50.1 Å². The summed E-state index contributed by atoms with van der Waals surface area (Å²) in [5.74, 6) is 0. The standard InChI is InChI=1S/C13H27N3/c1-15(2)13(7-3-4-8-13)11-16-9-5-6-12(14)10-16/h12H,3-11,14H2,1-2H3. The van der Waals surface area contributed by atoms with E-state index in [1.807, 2.05) is 0 Å². The van der Waals surface area contributed by atoms with E-state index in [1.54, 1.807) is 0 Å². The minimum atomic E-state index is 0.411. The van der Waals surface area contributed by atoms with Crippen molar-refractivity contribution in [2.24, 2.45) is 5.73 Å². The Labute approximate surface area is 100.0 Å². The predicted octanol–water partition coefficient (Wildman–Crippen LogP) is 1.28. The third-order valence-corrected chi connectivity index (χ3v) is 4.54. The lowest BCUT2D eigenvalue weighted by Gasteiger charge is -2.42. The maximum Gasteiger partial charge on any atom is 0.0330 e. The van der Waals surface area contributed by atoms with Crippen LogP contribution in [0, 0.1) is 0 Å². The molecule has 0 aromatic rings. The smallest absolute Gasteiger partial charge is 0.0330 e. The van der Waals surface area contributed by atoms with E-state index in [0.29, 0.717) is 11.6 Å². The highest BCUT2D eigenvalue weighted by atomic mass is 15.2. The molecule has 0 spiro atoms. The average Bonchev–Trinajstić information content (AvgIpc) is 2.67. The minimum Gasteiger partial charge on any atom is -0.327 e. The molecular weight excluding hydrogens is 198 g/mol. The van der Waals surface area contributed by atoms with Crippen LogP contribution in [-0.2, 0) is 0 Å². The molecule has 94 valence electrons. The Bertz CT molecular complexity index is 221. The van der Waals surface area contributed by atoms with Crippen LogP contribution in [0.4, 0.5) is 0 Å². The highest BCUT2D eigenvalue weighted by molar-refractivity contribution is 4.96. The SMILES string of the molecule is CN(C)C1(CN2CCCC(N)C2)CCCC1. The summed E-state index contributed by atoms with van der Waals surface area (Å²) in [6, 6.07) is 0.411. The Hall–Kier alpha value is -0.120. The highest BCUT2D eigenvalue weighted by Crippen LogP contribution is 2.34. The fraction of sp³-hybridized carbons (Fsp3) is 1.00. The van der Waals surface area contributed by atoms with Crippen molar-refractivity contribution < 1.29 is 0 Å². The van der Waals surface area contributed by atoms with Gasteiger partial charge in [-0.3, -0.25) is 4.90 Å². The summed E-state index contributed by atoms with van der Waals surface area (Å²) >= 11 is 0. The molecule has 1 heterocycles. The Morgan fingerprint density at radius 1 is 1.25 bits per heavy atom. The van der Waals surface area contributed by atoms with Gasteiger partial charge in [-0.05, 0) is 46.3 Å². The van der Waals surface area contributed by atoms with Gasteiger partial charge in [-0.15, -0.1) is 0 Å². The van der Waals surface area contributed by atoms with Crippen molar-refractivity contribution in [3.05, 3.63) is 0 Å². The molecule has 1 saturated heterocycles. The van der Waals surface area contributed by atoms with E-state index in [0.717, 1.165) is 6.54 Å². The second-order valence-corrected chi connectivity index (χ2v) is 5.96. The van der Waals surface area contributed by atoms with E-state index >= 15 is 0 Å². The first kappa shape index (κ1) is 12.3. The molecule has 0 amide bonds. The topological polar surface area (TPSA) is 32.5 Å². The van der Waals surface area contributed by atoms with Gasteiger partial charge in [0.15, 0.2) is 0 Å². The fourth-order valence-electron chi connectivity index (χ4n) is 3.43. The number of hydrogen-bond acceptors (Lipinski definition) is 3. The van der Waals surface area contributed by atoms with Crippen LogP contribution in [-0.4, -0.2) is 55.1 Å². The summed E-state index contributed by atoms with van der Waals surface area (Å²) in [5, 5.41) is 0. The van der Waals surface area contributed by atoms with Gasteiger partial charge < -0.3 is 10.6 Å². The number of likely N-dealkylation sites (tertiary alicyclic amines) is 1. The number of piperidine rings is 1. The van der Waals surface area contributed by atoms with Crippen molar-refractivity contribution in [1.29, 1.82) is 0 Å². The summed E-state index contributed by atoms with van der Waals surface area (Å²) in [6.45, 7) is 3.59. The zero-order valence-corrected chi connectivity index (χ0v) is 10.9. The average molecular weight is 225 g/mol. The van der Waals surface area contributed by atoms with E-state index in [1.165, 1.54) is 51.6 Å². The van der Waals surface area contributed by atoms with Gasteiger partial charge >= 0.3 is 0 Å². The molecule has 2 fully saturated rings. The molecule has 1 atom stereocenters. The van der Waals surface area contributed by atoms with Crippen molar-refractivity contribution in [2.75, 3.05) is 33.7 Å². The van der Waals surface area contributed by atoms with Gasteiger partial charge in [-0.2, -0.15) is 0 Å². The summed E-state index contributed by atoms with van der Waals surface area (Å²) in [5.41, 5.74) is 6.50. The molecule has 0 bridgehead atoms. The van der Waals surface area contributed by atoms with Crippen LogP contribution >= 0.6 is 0 Å². The monoisotopic (exact) mass is 225 g/mol. The Morgan fingerprint density at radius 3 is 2.50 bits per heavy atom. The zero-order chi connectivity index (χ0) is 11.6. The maximum atomic E-state index is 6.06. The van der Waals surface area contributed by atoms with Crippen molar-refractivity contribution in [3.8, 4) is 0 Å². The molecule has 1 unspecified atom stereocenters. The fourth-order valence-corrected chi connectivity index (χ4v) is 3.43. The number of nitrogens with zero attached hydrogens (tertiary/aromatic N) is 2. The lowest BCUT2D eigenvalue weighted by atomic mass is 9.93. The van der Waals surface area contributed by atoms with Crippen molar-refractivity contribution in [3.63, 3.8) is 0 Å². The van der Waals surface area contributed by atoms with E-state index in [9.17, 15) is 0 Å². The van der Waals surface area contributed by atoms with Crippen LogP contribution in [0.15, 0.2) is 0 Å². The molecule has 1 aliphatic heterocycles. The first-order valence-corrected chi connectivity index (χ1v) is 6.78. The minimum absolute atomic E-state index is 0.411. The molecule has 3 heteroatoms. The molecule has 2 rings (SSSR count). The first-order valence-electron chi connectivity index (χ1n) is 6.78. The summed E-state index contributed by atoms with van der Waals surface area (Å²) in [4.78, 5) is 5.06. The Balaban J connectivity index is 1.95. The Morgan fingerprint density at radius 2 is 1.94 bits per heavy atom.